The van der Waals surface area contributed by atoms with E-state index in [9.17, 15) is 9.59 Å². The lowest BCUT2D eigenvalue weighted by molar-refractivity contribution is -0.154. The number of nitrogens with zero attached hydrogens (tertiary/aromatic N) is 1. The number of hydrogen-bond donors (Lipinski definition) is 0. The molecule has 0 radical (unpaired) electrons. The highest BCUT2D eigenvalue weighted by Crippen LogP contribution is 2.42. The molecule has 0 spiro atoms. The second-order valence-electron chi connectivity index (χ2n) is 6.04. The summed E-state index contributed by atoms with van der Waals surface area (Å²) in [4.78, 5) is 26.9. The fraction of sp³-hybridized carbons (Fsp3) is 0.579. The number of benzene rings is 1. The minimum Gasteiger partial charge on any atom is -0.464 e. The zero-order valence-electron chi connectivity index (χ0n) is 14.6. The molecule has 1 aliphatic heterocycles. The van der Waals surface area contributed by atoms with Crippen molar-refractivity contribution in [3.8, 4) is 0 Å². The Balaban J connectivity index is 2.14. The average Bonchev–Trinajstić information content (AvgIpc) is 3.05. The van der Waals surface area contributed by atoms with Crippen molar-refractivity contribution >= 4 is 23.6 Å². The third kappa shape index (κ3) is 4.76. The van der Waals surface area contributed by atoms with Crippen molar-refractivity contribution in [2.24, 2.45) is 0 Å². The molecule has 1 aromatic rings. The summed E-state index contributed by atoms with van der Waals surface area (Å²) in [5.74, 6) is 0.384. The highest BCUT2D eigenvalue weighted by atomic mass is 32.2. The largest absolute Gasteiger partial charge is 0.464 e. The molecule has 0 aromatic heterocycles. The van der Waals surface area contributed by atoms with E-state index in [0.717, 1.165) is 31.2 Å². The van der Waals surface area contributed by atoms with Crippen LogP contribution in [0, 0.1) is 0 Å². The number of rotatable bonds is 8. The summed E-state index contributed by atoms with van der Waals surface area (Å²) in [7, 11) is 0. The van der Waals surface area contributed by atoms with Gasteiger partial charge in [0.15, 0.2) is 0 Å². The van der Waals surface area contributed by atoms with Crippen LogP contribution in [0.4, 0.5) is 0 Å². The van der Waals surface area contributed by atoms with Crippen molar-refractivity contribution in [2.75, 3.05) is 12.4 Å². The van der Waals surface area contributed by atoms with E-state index in [1.807, 2.05) is 30.3 Å². The summed E-state index contributed by atoms with van der Waals surface area (Å²) in [6.07, 6.45) is 4.14. The van der Waals surface area contributed by atoms with E-state index in [1.165, 1.54) is 0 Å². The molecule has 0 saturated carbocycles. The smallest absolute Gasteiger partial charge is 0.329 e. The lowest BCUT2D eigenvalue weighted by atomic mass is 10.1. The SMILES string of the molecule is CCCCOC(=O)C1CSC(c2ccccc2)N1C(=O)CCCC. The number of unbranched alkanes of at least 4 members (excludes halogenated alkanes) is 2. The van der Waals surface area contributed by atoms with E-state index in [-0.39, 0.29) is 17.3 Å². The number of amides is 1. The predicted octanol–water partition coefficient (Wildman–Crippen LogP) is 4.16. The highest BCUT2D eigenvalue weighted by Gasteiger charge is 2.42. The molecule has 2 atom stereocenters. The molecule has 0 N–H and O–H groups in total. The van der Waals surface area contributed by atoms with Gasteiger partial charge in [0.05, 0.1) is 6.61 Å². The summed E-state index contributed by atoms with van der Waals surface area (Å²) < 4.78 is 5.39. The Morgan fingerprint density at radius 2 is 1.88 bits per heavy atom. The number of hydrogen-bond acceptors (Lipinski definition) is 4. The van der Waals surface area contributed by atoms with E-state index in [1.54, 1.807) is 16.7 Å². The van der Waals surface area contributed by atoms with Crippen molar-refractivity contribution < 1.29 is 14.3 Å². The van der Waals surface area contributed by atoms with Gasteiger partial charge in [-0.15, -0.1) is 11.8 Å². The van der Waals surface area contributed by atoms with Gasteiger partial charge < -0.3 is 9.64 Å². The molecule has 1 heterocycles. The van der Waals surface area contributed by atoms with E-state index in [4.69, 9.17) is 4.74 Å². The lowest BCUT2D eigenvalue weighted by Crippen LogP contribution is -2.43. The van der Waals surface area contributed by atoms with E-state index in [2.05, 4.69) is 13.8 Å². The highest BCUT2D eigenvalue weighted by molar-refractivity contribution is 7.99. The monoisotopic (exact) mass is 349 g/mol. The third-order valence-electron chi connectivity index (χ3n) is 4.13. The van der Waals surface area contributed by atoms with Crippen LogP contribution in [-0.2, 0) is 14.3 Å². The molecule has 1 aliphatic rings. The molecule has 2 unspecified atom stereocenters. The Labute approximate surface area is 148 Å². The molecule has 24 heavy (non-hydrogen) atoms. The quantitative estimate of drug-likeness (QED) is 0.522. The van der Waals surface area contributed by atoms with E-state index >= 15 is 0 Å². The molecule has 1 amide bonds. The maximum Gasteiger partial charge on any atom is 0.329 e. The minimum absolute atomic E-state index is 0.0492. The summed E-state index contributed by atoms with van der Waals surface area (Å²) in [6.45, 7) is 4.56. The van der Waals surface area contributed by atoms with E-state index < -0.39 is 6.04 Å². The first kappa shape index (κ1) is 18.8. The van der Waals surface area contributed by atoms with Crippen LogP contribution < -0.4 is 0 Å². The number of carbonyl (C=O) groups excluding carboxylic acids is 2. The molecule has 0 bridgehead atoms. The molecule has 4 nitrogen and oxygen atoms in total. The zero-order valence-corrected chi connectivity index (χ0v) is 15.4. The fourth-order valence-electron chi connectivity index (χ4n) is 2.74. The second kappa shape index (κ2) is 9.72. The van der Waals surface area contributed by atoms with Gasteiger partial charge in [-0.3, -0.25) is 4.79 Å². The van der Waals surface area contributed by atoms with Crippen LogP contribution in [0.1, 0.15) is 56.9 Å². The van der Waals surface area contributed by atoms with Gasteiger partial charge in [0.25, 0.3) is 0 Å². The molecular weight excluding hydrogens is 322 g/mol. The first-order chi connectivity index (χ1) is 11.7. The maximum atomic E-state index is 12.7. The van der Waals surface area contributed by atoms with Crippen LogP contribution in [0.2, 0.25) is 0 Å². The molecule has 1 aromatic carbocycles. The summed E-state index contributed by atoms with van der Waals surface area (Å²) in [5, 5.41) is -0.0979. The standard InChI is InChI=1S/C19H27NO3S/c1-3-5-12-17(21)20-16(19(22)23-13-6-4-2)14-24-18(20)15-10-8-7-9-11-15/h7-11,16,18H,3-6,12-14H2,1-2H3. The molecular formula is C19H27NO3S. The second-order valence-corrected chi connectivity index (χ2v) is 7.15. The van der Waals surface area contributed by atoms with Crippen molar-refractivity contribution in [1.82, 2.24) is 4.90 Å². The van der Waals surface area contributed by atoms with Gasteiger partial charge in [-0.2, -0.15) is 0 Å². The fourth-order valence-corrected chi connectivity index (χ4v) is 4.17. The van der Waals surface area contributed by atoms with Gasteiger partial charge in [0, 0.05) is 12.2 Å². The number of ether oxygens (including phenoxy) is 1. The van der Waals surface area contributed by atoms with Crippen molar-refractivity contribution in [3.63, 3.8) is 0 Å². The molecule has 1 saturated heterocycles. The van der Waals surface area contributed by atoms with Gasteiger partial charge in [-0.1, -0.05) is 57.0 Å². The minimum atomic E-state index is -0.471. The van der Waals surface area contributed by atoms with Crippen LogP contribution in [0.5, 0.6) is 0 Å². The zero-order chi connectivity index (χ0) is 17.4. The van der Waals surface area contributed by atoms with Crippen LogP contribution in [0.25, 0.3) is 0 Å². The first-order valence-electron chi connectivity index (χ1n) is 8.83. The predicted molar refractivity (Wildman–Crippen MR) is 97.7 cm³/mol. The Hall–Kier alpha value is -1.49. The average molecular weight is 349 g/mol. The Bertz CT molecular complexity index is 535. The molecule has 132 valence electrons. The molecule has 0 aliphatic carbocycles. The molecule has 1 fully saturated rings. The van der Waals surface area contributed by atoms with Gasteiger partial charge in [-0.25, -0.2) is 4.79 Å². The van der Waals surface area contributed by atoms with Gasteiger partial charge in [0.2, 0.25) is 5.91 Å². The maximum absolute atomic E-state index is 12.7. The Morgan fingerprint density at radius 3 is 2.54 bits per heavy atom. The van der Waals surface area contributed by atoms with Crippen LogP contribution >= 0.6 is 11.8 Å². The van der Waals surface area contributed by atoms with Gasteiger partial charge >= 0.3 is 5.97 Å². The van der Waals surface area contributed by atoms with Gasteiger partial charge in [-0.05, 0) is 18.4 Å². The summed E-state index contributed by atoms with van der Waals surface area (Å²) >= 11 is 1.65. The van der Waals surface area contributed by atoms with Crippen molar-refractivity contribution in [1.29, 1.82) is 0 Å². The van der Waals surface area contributed by atoms with Crippen LogP contribution in [-0.4, -0.2) is 35.2 Å². The van der Waals surface area contributed by atoms with Crippen molar-refractivity contribution in [2.45, 2.75) is 57.4 Å². The Kier molecular flexibility index (Phi) is 7.63. The number of thioether (sulfide) groups is 1. The number of carbonyl (C=O) groups is 2. The topological polar surface area (TPSA) is 46.6 Å². The number of esters is 1. The van der Waals surface area contributed by atoms with Crippen molar-refractivity contribution in [3.05, 3.63) is 35.9 Å². The molecule has 5 heteroatoms. The summed E-state index contributed by atoms with van der Waals surface area (Å²) in [5.41, 5.74) is 1.07. The van der Waals surface area contributed by atoms with E-state index in [0.29, 0.717) is 18.8 Å². The third-order valence-corrected chi connectivity index (χ3v) is 5.45. The van der Waals surface area contributed by atoms with Crippen LogP contribution in [0.3, 0.4) is 0 Å². The normalized spacial score (nSPS) is 20.2. The summed E-state index contributed by atoms with van der Waals surface area (Å²) in [6, 6.07) is 9.46. The molecule has 2 rings (SSSR count). The lowest BCUT2D eigenvalue weighted by Gasteiger charge is -2.28. The van der Waals surface area contributed by atoms with Gasteiger partial charge in [0.1, 0.15) is 11.4 Å². The van der Waals surface area contributed by atoms with Crippen LogP contribution in [0.15, 0.2) is 30.3 Å². The Morgan fingerprint density at radius 1 is 1.17 bits per heavy atom. The first-order valence-corrected chi connectivity index (χ1v) is 9.88.